The summed E-state index contributed by atoms with van der Waals surface area (Å²) in [5.41, 5.74) is 0. The highest BCUT2D eigenvalue weighted by Gasteiger charge is 2.76. The molecule has 0 spiro atoms. The lowest BCUT2D eigenvalue weighted by atomic mass is 10.3. The van der Waals surface area contributed by atoms with Crippen LogP contribution >= 0.6 is 0 Å². The monoisotopic (exact) mass is 528 g/mol. The Morgan fingerprint density at radius 1 is 0.344 bits per heavy atom. The average Bonchev–Trinajstić information content (AvgIpc) is 2.58. The van der Waals surface area contributed by atoms with E-state index in [1.54, 1.807) is 28.4 Å². The SMILES string of the molecule is CO[Si]1(C(C)(C)C)O[Si](OC)(C(C)(C)C)O[Si](OC)(C(C)(C)C)O[Si](OC)(C(C)(C)C)O1. The summed E-state index contributed by atoms with van der Waals surface area (Å²) in [6.45, 7) is 24.5. The number of rotatable bonds is 4. The van der Waals surface area contributed by atoms with Gasteiger partial charge in [-0.2, -0.15) is 0 Å². The Hall–Kier alpha value is 0.548. The van der Waals surface area contributed by atoms with Gasteiger partial charge < -0.3 is 34.2 Å². The summed E-state index contributed by atoms with van der Waals surface area (Å²) in [7, 11) is -7.57. The molecule has 1 saturated heterocycles. The van der Waals surface area contributed by atoms with Gasteiger partial charge in [-0.25, -0.2) is 0 Å². The smallest absolute Gasteiger partial charge is 0.377 e. The molecule has 0 amide bonds. The van der Waals surface area contributed by atoms with Gasteiger partial charge in [-0.1, -0.05) is 83.1 Å². The van der Waals surface area contributed by atoms with Gasteiger partial charge in [0.15, 0.2) is 0 Å². The minimum absolute atomic E-state index is 0.505. The molecule has 0 radical (unpaired) electrons. The second-order valence-electron chi connectivity index (χ2n) is 12.4. The number of hydrogen-bond donors (Lipinski definition) is 0. The lowest BCUT2D eigenvalue weighted by Gasteiger charge is -2.58. The lowest BCUT2D eigenvalue weighted by molar-refractivity contribution is 0.00408. The van der Waals surface area contributed by atoms with Crippen LogP contribution in [0.2, 0.25) is 20.2 Å². The van der Waals surface area contributed by atoms with Crippen LogP contribution in [0.15, 0.2) is 0 Å². The summed E-state index contributed by atoms with van der Waals surface area (Å²) >= 11 is 0. The van der Waals surface area contributed by atoms with E-state index in [4.69, 9.17) is 34.2 Å². The predicted octanol–water partition coefficient (Wildman–Crippen LogP) is 5.61. The van der Waals surface area contributed by atoms with Crippen LogP contribution in [0.5, 0.6) is 0 Å². The molecule has 0 aromatic carbocycles. The maximum atomic E-state index is 7.02. The van der Waals surface area contributed by atoms with Crippen LogP contribution in [0.4, 0.5) is 0 Å². The summed E-state index contributed by atoms with van der Waals surface area (Å²) in [6, 6.07) is 0. The van der Waals surface area contributed by atoms with Crippen molar-refractivity contribution in [1.29, 1.82) is 0 Å². The molecule has 192 valence electrons. The van der Waals surface area contributed by atoms with Crippen molar-refractivity contribution in [1.82, 2.24) is 0 Å². The Morgan fingerprint density at radius 3 is 0.531 bits per heavy atom. The topological polar surface area (TPSA) is 73.8 Å². The van der Waals surface area contributed by atoms with Gasteiger partial charge in [0.1, 0.15) is 0 Å². The van der Waals surface area contributed by atoms with Crippen molar-refractivity contribution in [3.63, 3.8) is 0 Å². The van der Waals surface area contributed by atoms with Gasteiger partial charge in [0, 0.05) is 48.6 Å². The van der Waals surface area contributed by atoms with Gasteiger partial charge in [-0.3, -0.25) is 0 Å². The Morgan fingerprint density at radius 2 is 0.469 bits per heavy atom. The molecule has 32 heavy (non-hydrogen) atoms. The summed E-state index contributed by atoms with van der Waals surface area (Å²) in [5, 5.41) is -2.02. The lowest BCUT2D eigenvalue weighted by Crippen LogP contribution is -2.79. The van der Waals surface area contributed by atoms with E-state index >= 15 is 0 Å². The van der Waals surface area contributed by atoms with Crippen molar-refractivity contribution in [3.8, 4) is 0 Å². The first-order valence-corrected chi connectivity index (χ1v) is 18.0. The highest BCUT2D eigenvalue weighted by atomic mass is 28.6. The van der Waals surface area contributed by atoms with E-state index in [1.807, 2.05) is 83.1 Å². The molecule has 0 bridgehead atoms. The molecule has 1 heterocycles. The molecule has 0 aliphatic carbocycles. The molecule has 0 saturated carbocycles. The van der Waals surface area contributed by atoms with Gasteiger partial charge in [0.2, 0.25) is 0 Å². The quantitative estimate of drug-likeness (QED) is 0.436. The van der Waals surface area contributed by atoms with Crippen molar-refractivity contribution >= 4 is 35.2 Å². The van der Waals surface area contributed by atoms with Crippen LogP contribution in [0.3, 0.4) is 0 Å². The van der Waals surface area contributed by atoms with E-state index in [0.717, 1.165) is 0 Å². The Bertz CT molecular complexity index is 526. The molecule has 0 N–H and O–H groups in total. The van der Waals surface area contributed by atoms with Crippen LogP contribution in [0.25, 0.3) is 0 Å². The highest BCUT2D eigenvalue weighted by Crippen LogP contribution is 2.56. The molecule has 8 nitrogen and oxygen atoms in total. The highest BCUT2D eigenvalue weighted by molar-refractivity contribution is 6.91. The summed E-state index contributed by atoms with van der Waals surface area (Å²) in [4.78, 5) is 0. The maximum absolute atomic E-state index is 7.02. The molecule has 0 aromatic rings. The molecule has 0 unspecified atom stereocenters. The number of hydrogen-bond acceptors (Lipinski definition) is 8. The molecule has 1 fully saturated rings. The Kier molecular flexibility index (Phi) is 8.80. The molecule has 1 rings (SSSR count). The zero-order valence-electron chi connectivity index (χ0n) is 23.3. The molecular formula is C20H48O8Si4. The molecule has 0 aromatic heterocycles. The van der Waals surface area contributed by atoms with Crippen molar-refractivity contribution in [3.05, 3.63) is 0 Å². The van der Waals surface area contributed by atoms with E-state index in [1.165, 1.54) is 0 Å². The van der Waals surface area contributed by atoms with Crippen LogP contribution in [-0.2, 0) is 34.2 Å². The van der Waals surface area contributed by atoms with Gasteiger partial charge in [-0.15, -0.1) is 0 Å². The standard InChI is InChI=1S/C20H48O8Si4/c1-17(2,3)29(21-13)25-30(22-14,18(4,5)6)27-32(24-16,20(10,11)12)28-31(23-15,26-29)19(7,8)9/h1-16H3. The first-order valence-electron chi connectivity index (χ1n) is 11.1. The second-order valence-corrected chi connectivity index (χ2v) is 27.8. The third kappa shape index (κ3) is 5.07. The molecule has 0 atom stereocenters. The van der Waals surface area contributed by atoms with Crippen molar-refractivity contribution in [2.24, 2.45) is 0 Å². The summed E-state index contributed by atoms with van der Waals surface area (Å²) in [5.74, 6) is 0. The van der Waals surface area contributed by atoms with Gasteiger partial charge in [0.25, 0.3) is 0 Å². The van der Waals surface area contributed by atoms with E-state index in [0.29, 0.717) is 0 Å². The zero-order chi connectivity index (χ0) is 25.7. The van der Waals surface area contributed by atoms with Gasteiger partial charge >= 0.3 is 35.2 Å². The van der Waals surface area contributed by atoms with E-state index in [-0.39, 0.29) is 0 Å². The van der Waals surface area contributed by atoms with Crippen LogP contribution in [0, 0.1) is 0 Å². The van der Waals surface area contributed by atoms with Crippen molar-refractivity contribution in [2.45, 2.75) is 103 Å². The van der Waals surface area contributed by atoms with Crippen LogP contribution in [0.1, 0.15) is 83.1 Å². The fourth-order valence-electron chi connectivity index (χ4n) is 3.57. The Labute approximate surface area is 201 Å². The summed E-state index contributed by atoms with van der Waals surface area (Å²) in [6.07, 6.45) is 0. The third-order valence-corrected chi connectivity index (χ3v) is 23.9. The van der Waals surface area contributed by atoms with Crippen LogP contribution in [-0.4, -0.2) is 63.7 Å². The van der Waals surface area contributed by atoms with Gasteiger partial charge in [0.05, 0.1) is 0 Å². The van der Waals surface area contributed by atoms with E-state index in [2.05, 4.69) is 0 Å². The molecular weight excluding hydrogens is 481 g/mol. The molecule has 1 aliphatic rings. The van der Waals surface area contributed by atoms with Crippen molar-refractivity contribution in [2.75, 3.05) is 28.4 Å². The third-order valence-electron chi connectivity index (χ3n) is 5.82. The average molecular weight is 529 g/mol. The molecule has 1 aliphatic heterocycles. The fraction of sp³-hybridized carbons (Fsp3) is 1.00. The van der Waals surface area contributed by atoms with E-state index < -0.39 is 55.4 Å². The minimum Gasteiger partial charge on any atom is -0.377 e. The Balaban J connectivity index is 4.12. The summed E-state index contributed by atoms with van der Waals surface area (Å²) < 4.78 is 52.8. The molecule has 12 heteroatoms. The second kappa shape index (κ2) is 9.21. The first-order chi connectivity index (χ1) is 14.1. The first kappa shape index (κ1) is 30.6. The van der Waals surface area contributed by atoms with E-state index in [9.17, 15) is 0 Å². The van der Waals surface area contributed by atoms with Crippen molar-refractivity contribution < 1.29 is 34.2 Å². The largest absolute Gasteiger partial charge is 0.491 e. The minimum atomic E-state index is -3.52. The predicted molar refractivity (Wildman–Crippen MR) is 134 cm³/mol. The maximum Gasteiger partial charge on any atom is 0.491 e. The fourth-order valence-corrected chi connectivity index (χ4v) is 26.3. The van der Waals surface area contributed by atoms with Gasteiger partial charge in [-0.05, 0) is 0 Å². The normalized spacial score (nSPS) is 36.0. The van der Waals surface area contributed by atoms with Crippen LogP contribution < -0.4 is 0 Å². The zero-order valence-corrected chi connectivity index (χ0v) is 27.3.